The van der Waals surface area contributed by atoms with E-state index in [0.29, 0.717) is 13.2 Å². The van der Waals surface area contributed by atoms with Gasteiger partial charge in [0, 0.05) is 44.0 Å². The van der Waals surface area contributed by atoms with Crippen molar-refractivity contribution < 1.29 is 9.84 Å². The molecule has 1 saturated heterocycles. The van der Waals surface area contributed by atoms with Gasteiger partial charge in [-0.25, -0.2) is 0 Å². The molecule has 1 heterocycles. The molecule has 0 amide bonds. The molecule has 0 bridgehead atoms. The number of β-amino-alcohol motifs (C(OH)–C–C–N with tert-alkyl or cyclic N) is 1. The van der Waals surface area contributed by atoms with Gasteiger partial charge in [-0.1, -0.05) is 71.4 Å². The first kappa shape index (κ1) is 26.6. The number of ether oxygens (including phenoxy) is 1. The van der Waals surface area contributed by atoms with Crippen LogP contribution in [-0.4, -0.2) is 55.4 Å². The molecule has 4 nitrogen and oxygen atoms in total. The Morgan fingerprint density at radius 2 is 1.50 bits per heavy atom. The summed E-state index contributed by atoms with van der Waals surface area (Å²) in [6.45, 7) is 20.6. The Balaban J connectivity index is 1.58. The molecule has 34 heavy (non-hydrogen) atoms. The number of rotatable bonds is 10. The van der Waals surface area contributed by atoms with Gasteiger partial charge in [-0.3, -0.25) is 4.90 Å². The molecule has 0 spiro atoms. The van der Waals surface area contributed by atoms with Gasteiger partial charge in [-0.2, -0.15) is 0 Å². The number of benzene rings is 2. The van der Waals surface area contributed by atoms with Crippen LogP contribution in [0, 0.1) is 6.92 Å². The monoisotopic (exact) mass is 466 g/mol. The molecule has 0 saturated carbocycles. The fourth-order valence-corrected chi connectivity index (χ4v) is 4.48. The normalized spacial score (nSPS) is 16.5. The summed E-state index contributed by atoms with van der Waals surface area (Å²) in [6.07, 6.45) is 1.62. The number of aliphatic hydroxyl groups is 1. The number of anilines is 1. The van der Waals surface area contributed by atoms with Crippen molar-refractivity contribution in [2.45, 2.75) is 78.2 Å². The third-order valence-corrected chi connectivity index (χ3v) is 7.93. The zero-order valence-electron chi connectivity index (χ0n) is 22.5. The lowest BCUT2D eigenvalue weighted by Crippen LogP contribution is -2.49. The second kappa shape index (κ2) is 11.1. The first-order valence-electron chi connectivity index (χ1n) is 13.1. The minimum absolute atomic E-state index is 0.0203. The van der Waals surface area contributed by atoms with Crippen LogP contribution in [0.3, 0.4) is 0 Å². The van der Waals surface area contributed by atoms with Crippen molar-refractivity contribution in [1.29, 1.82) is 0 Å². The zero-order chi connectivity index (χ0) is 24.9. The van der Waals surface area contributed by atoms with E-state index in [2.05, 4.69) is 101 Å². The molecule has 0 aliphatic carbocycles. The van der Waals surface area contributed by atoms with E-state index in [0.717, 1.165) is 44.8 Å². The van der Waals surface area contributed by atoms with Crippen LogP contribution in [0.4, 0.5) is 5.69 Å². The van der Waals surface area contributed by atoms with E-state index >= 15 is 0 Å². The first-order chi connectivity index (χ1) is 16.1. The van der Waals surface area contributed by atoms with E-state index in [1.54, 1.807) is 0 Å². The largest absolute Gasteiger partial charge is 0.491 e. The SMILES string of the molecule is CCC(C)(C)c1ccc(OC[C@@H](O)CN2CCN(c3ccc(C)cc3)CC2)c(C(C)(C)CC)c1. The molecular formula is C30H46N2O2. The molecule has 1 N–H and O–H groups in total. The first-order valence-corrected chi connectivity index (χ1v) is 13.1. The minimum Gasteiger partial charge on any atom is -0.491 e. The quantitative estimate of drug-likeness (QED) is 0.471. The van der Waals surface area contributed by atoms with Gasteiger partial charge in [0.1, 0.15) is 18.5 Å². The van der Waals surface area contributed by atoms with Gasteiger partial charge in [0.05, 0.1) is 0 Å². The van der Waals surface area contributed by atoms with E-state index < -0.39 is 6.10 Å². The third kappa shape index (κ3) is 6.55. The maximum absolute atomic E-state index is 10.8. The molecule has 188 valence electrons. The standard InChI is InChI=1S/C30H46N2O2/c1-8-29(4,5)24-12-15-28(27(20-24)30(6,7)9-2)34-22-26(33)21-31-16-18-32(19-17-31)25-13-10-23(3)11-14-25/h10-15,20,26,33H,8-9,16-19,21-22H2,1-7H3/t26-/m0/s1. The second-order valence-corrected chi connectivity index (χ2v) is 11.3. The maximum Gasteiger partial charge on any atom is 0.123 e. The van der Waals surface area contributed by atoms with Gasteiger partial charge in [-0.05, 0) is 54.4 Å². The van der Waals surface area contributed by atoms with Crippen LogP contribution in [0.1, 0.15) is 71.1 Å². The molecule has 1 atom stereocenters. The van der Waals surface area contributed by atoms with Crippen LogP contribution in [0.2, 0.25) is 0 Å². The molecule has 1 fully saturated rings. The summed E-state index contributed by atoms with van der Waals surface area (Å²) in [5.41, 5.74) is 5.33. The lowest BCUT2D eigenvalue weighted by Gasteiger charge is -2.37. The molecule has 1 aliphatic rings. The Hall–Kier alpha value is -2.04. The number of hydrogen-bond donors (Lipinski definition) is 1. The van der Waals surface area contributed by atoms with Crippen molar-refractivity contribution in [3.8, 4) is 5.75 Å². The Bertz CT molecular complexity index is 912. The molecular weight excluding hydrogens is 420 g/mol. The summed E-state index contributed by atoms with van der Waals surface area (Å²) < 4.78 is 6.24. The van der Waals surface area contributed by atoms with E-state index in [-0.39, 0.29) is 10.8 Å². The van der Waals surface area contributed by atoms with Crippen molar-refractivity contribution in [1.82, 2.24) is 4.90 Å². The smallest absolute Gasteiger partial charge is 0.123 e. The van der Waals surface area contributed by atoms with E-state index in [1.165, 1.54) is 22.4 Å². The van der Waals surface area contributed by atoms with Gasteiger partial charge < -0.3 is 14.7 Å². The fraction of sp³-hybridized carbons (Fsp3) is 0.600. The van der Waals surface area contributed by atoms with Gasteiger partial charge >= 0.3 is 0 Å². The number of piperazine rings is 1. The van der Waals surface area contributed by atoms with Crippen LogP contribution < -0.4 is 9.64 Å². The van der Waals surface area contributed by atoms with Crippen LogP contribution in [0.15, 0.2) is 42.5 Å². The van der Waals surface area contributed by atoms with Gasteiger partial charge in [0.15, 0.2) is 0 Å². The Morgan fingerprint density at radius 3 is 2.09 bits per heavy atom. The summed E-state index contributed by atoms with van der Waals surface area (Å²) in [4.78, 5) is 4.78. The number of nitrogens with zero attached hydrogens (tertiary/aromatic N) is 2. The average molecular weight is 467 g/mol. The summed E-state index contributed by atoms with van der Waals surface area (Å²) in [6, 6.07) is 15.4. The highest BCUT2D eigenvalue weighted by atomic mass is 16.5. The fourth-order valence-electron chi connectivity index (χ4n) is 4.48. The number of hydrogen-bond acceptors (Lipinski definition) is 4. The van der Waals surface area contributed by atoms with E-state index in [1.807, 2.05) is 0 Å². The topological polar surface area (TPSA) is 35.9 Å². The molecule has 4 heteroatoms. The Labute approximate surface area is 207 Å². The van der Waals surface area contributed by atoms with E-state index in [9.17, 15) is 5.11 Å². The van der Waals surface area contributed by atoms with Crippen LogP contribution in [0.25, 0.3) is 0 Å². The molecule has 0 aromatic heterocycles. The van der Waals surface area contributed by atoms with Gasteiger partial charge in [0.25, 0.3) is 0 Å². The van der Waals surface area contributed by atoms with Gasteiger partial charge in [0.2, 0.25) is 0 Å². The molecule has 0 unspecified atom stereocenters. The predicted molar refractivity (Wildman–Crippen MR) is 144 cm³/mol. The summed E-state index contributed by atoms with van der Waals surface area (Å²) in [7, 11) is 0. The molecule has 2 aromatic rings. The van der Waals surface area contributed by atoms with E-state index in [4.69, 9.17) is 4.74 Å². The van der Waals surface area contributed by atoms with Crippen LogP contribution in [0.5, 0.6) is 5.75 Å². The van der Waals surface area contributed by atoms with Crippen molar-refractivity contribution in [3.63, 3.8) is 0 Å². The molecule has 3 rings (SSSR count). The zero-order valence-corrected chi connectivity index (χ0v) is 22.5. The predicted octanol–water partition coefficient (Wildman–Crippen LogP) is 5.93. The molecule has 0 radical (unpaired) electrons. The highest BCUT2D eigenvalue weighted by molar-refractivity contribution is 5.48. The molecule has 2 aromatic carbocycles. The highest BCUT2D eigenvalue weighted by Gasteiger charge is 2.27. The number of aryl methyl sites for hydroxylation is 1. The van der Waals surface area contributed by atoms with Crippen molar-refractivity contribution in [2.24, 2.45) is 0 Å². The summed E-state index contributed by atoms with van der Waals surface area (Å²) in [5, 5.41) is 10.8. The lowest BCUT2D eigenvalue weighted by atomic mass is 9.76. The minimum atomic E-state index is -0.504. The summed E-state index contributed by atoms with van der Waals surface area (Å²) >= 11 is 0. The Morgan fingerprint density at radius 1 is 0.882 bits per heavy atom. The van der Waals surface area contributed by atoms with Crippen LogP contribution >= 0.6 is 0 Å². The third-order valence-electron chi connectivity index (χ3n) is 7.93. The van der Waals surface area contributed by atoms with Crippen LogP contribution in [-0.2, 0) is 10.8 Å². The maximum atomic E-state index is 10.8. The highest BCUT2D eigenvalue weighted by Crippen LogP contribution is 2.38. The van der Waals surface area contributed by atoms with Crippen molar-refractivity contribution in [3.05, 3.63) is 59.2 Å². The van der Waals surface area contributed by atoms with Gasteiger partial charge in [-0.15, -0.1) is 0 Å². The van der Waals surface area contributed by atoms with Crippen molar-refractivity contribution >= 4 is 5.69 Å². The second-order valence-electron chi connectivity index (χ2n) is 11.3. The average Bonchev–Trinajstić information content (AvgIpc) is 2.83. The number of aliphatic hydroxyl groups excluding tert-OH is 1. The Kier molecular flexibility index (Phi) is 8.70. The lowest BCUT2D eigenvalue weighted by molar-refractivity contribution is 0.0655. The summed E-state index contributed by atoms with van der Waals surface area (Å²) in [5.74, 6) is 0.908. The van der Waals surface area contributed by atoms with Crippen molar-refractivity contribution in [2.75, 3.05) is 44.2 Å². The molecule has 1 aliphatic heterocycles.